The molecule has 1 aromatic rings. The maximum atomic E-state index is 5.69. The van der Waals surface area contributed by atoms with E-state index in [1.165, 1.54) is 6.42 Å². The van der Waals surface area contributed by atoms with Crippen LogP contribution in [0.2, 0.25) is 0 Å². The Balaban J connectivity index is 1.60. The van der Waals surface area contributed by atoms with Crippen LogP contribution in [0, 0.1) is 5.92 Å². The molecular weight excluding hydrogens is 290 g/mol. The van der Waals surface area contributed by atoms with Crippen LogP contribution in [0.25, 0.3) is 0 Å². The molecular formula is C18H29N3O2. The Hall–Kier alpha value is -1.75. The first-order valence-electron chi connectivity index (χ1n) is 8.48. The van der Waals surface area contributed by atoms with Crippen LogP contribution in [0.4, 0.5) is 0 Å². The van der Waals surface area contributed by atoms with Crippen molar-refractivity contribution in [3.05, 3.63) is 29.8 Å². The summed E-state index contributed by atoms with van der Waals surface area (Å²) in [7, 11) is 1.67. The van der Waals surface area contributed by atoms with Gasteiger partial charge in [0, 0.05) is 25.7 Å². The molecule has 0 aliphatic heterocycles. The zero-order valence-corrected chi connectivity index (χ0v) is 14.5. The summed E-state index contributed by atoms with van der Waals surface area (Å²) >= 11 is 0. The Morgan fingerprint density at radius 2 is 2.04 bits per heavy atom. The minimum absolute atomic E-state index is 0.596. The molecule has 0 aromatic heterocycles. The van der Waals surface area contributed by atoms with Gasteiger partial charge in [-0.1, -0.05) is 19.1 Å². The van der Waals surface area contributed by atoms with Crippen molar-refractivity contribution in [3.8, 4) is 5.75 Å². The highest BCUT2D eigenvalue weighted by Gasteiger charge is 2.33. The summed E-state index contributed by atoms with van der Waals surface area (Å²) in [4.78, 5) is 4.59. The lowest BCUT2D eigenvalue weighted by molar-refractivity contribution is 0.120. The van der Waals surface area contributed by atoms with Gasteiger partial charge in [-0.15, -0.1) is 0 Å². The standard InChI is InChI=1S/C18H29N3O2/c1-4-19-18(21-17-12-14(17)2)20-10-5-11-23-13-15-6-8-16(22-3)9-7-15/h6-9,14,17H,4-5,10-13H2,1-3H3,(H2,19,20,21). The SMILES string of the molecule is CCNC(=NCCCOCc1ccc(OC)cc1)NC1CC1C. The second-order valence-electron chi connectivity index (χ2n) is 5.98. The van der Waals surface area contributed by atoms with Crippen molar-refractivity contribution in [2.24, 2.45) is 10.9 Å². The van der Waals surface area contributed by atoms with Crippen molar-refractivity contribution in [1.29, 1.82) is 0 Å². The minimum Gasteiger partial charge on any atom is -0.497 e. The fourth-order valence-electron chi connectivity index (χ4n) is 2.29. The predicted molar refractivity (Wildman–Crippen MR) is 94.0 cm³/mol. The number of nitrogens with one attached hydrogen (secondary N) is 2. The topological polar surface area (TPSA) is 54.9 Å². The molecule has 5 nitrogen and oxygen atoms in total. The van der Waals surface area contributed by atoms with Gasteiger partial charge >= 0.3 is 0 Å². The zero-order chi connectivity index (χ0) is 16.5. The van der Waals surface area contributed by atoms with Crippen LogP contribution in [0.1, 0.15) is 32.3 Å². The van der Waals surface area contributed by atoms with E-state index in [-0.39, 0.29) is 0 Å². The van der Waals surface area contributed by atoms with Crippen molar-refractivity contribution >= 4 is 5.96 Å². The van der Waals surface area contributed by atoms with E-state index in [2.05, 4.69) is 29.5 Å². The molecule has 1 saturated carbocycles. The highest BCUT2D eigenvalue weighted by Crippen LogP contribution is 2.28. The second kappa shape index (κ2) is 9.40. The van der Waals surface area contributed by atoms with Crippen molar-refractivity contribution in [1.82, 2.24) is 10.6 Å². The van der Waals surface area contributed by atoms with Gasteiger partial charge in [0.05, 0.1) is 13.7 Å². The third kappa shape index (κ3) is 6.48. The fraction of sp³-hybridized carbons (Fsp3) is 0.611. The number of hydrogen-bond donors (Lipinski definition) is 2. The van der Waals surface area contributed by atoms with Crippen molar-refractivity contribution in [2.75, 3.05) is 26.8 Å². The molecule has 1 aliphatic carbocycles. The Bertz CT molecular complexity index is 488. The van der Waals surface area contributed by atoms with Gasteiger partial charge in [-0.05, 0) is 43.4 Å². The molecule has 0 spiro atoms. The fourth-order valence-corrected chi connectivity index (χ4v) is 2.29. The maximum Gasteiger partial charge on any atom is 0.191 e. The van der Waals surface area contributed by atoms with Crippen LogP contribution in [0.5, 0.6) is 5.75 Å². The molecule has 1 aliphatic rings. The summed E-state index contributed by atoms with van der Waals surface area (Å²) in [6, 6.07) is 8.56. The van der Waals surface area contributed by atoms with Crippen LogP contribution in [0.15, 0.2) is 29.3 Å². The van der Waals surface area contributed by atoms with Crippen LogP contribution < -0.4 is 15.4 Å². The summed E-state index contributed by atoms with van der Waals surface area (Å²) in [5, 5.41) is 6.74. The van der Waals surface area contributed by atoms with E-state index >= 15 is 0 Å². The van der Waals surface area contributed by atoms with Gasteiger partial charge < -0.3 is 20.1 Å². The first-order chi connectivity index (χ1) is 11.2. The number of aliphatic imine (C=N–C) groups is 1. The third-order valence-electron chi connectivity index (χ3n) is 3.92. The van der Waals surface area contributed by atoms with E-state index in [4.69, 9.17) is 9.47 Å². The molecule has 128 valence electrons. The second-order valence-corrected chi connectivity index (χ2v) is 5.98. The van der Waals surface area contributed by atoms with E-state index in [1.54, 1.807) is 7.11 Å². The van der Waals surface area contributed by atoms with Gasteiger partial charge in [0.1, 0.15) is 5.75 Å². The first-order valence-corrected chi connectivity index (χ1v) is 8.48. The highest BCUT2D eigenvalue weighted by atomic mass is 16.5. The Morgan fingerprint density at radius 1 is 1.30 bits per heavy atom. The van der Waals surface area contributed by atoms with Gasteiger partial charge in [-0.25, -0.2) is 0 Å². The molecule has 2 atom stereocenters. The molecule has 2 unspecified atom stereocenters. The monoisotopic (exact) mass is 319 g/mol. The molecule has 5 heteroatoms. The quantitative estimate of drug-likeness (QED) is 0.417. The molecule has 2 N–H and O–H groups in total. The molecule has 2 rings (SSSR count). The largest absolute Gasteiger partial charge is 0.497 e. The smallest absolute Gasteiger partial charge is 0.191 e. The summed E-state index contributed by atoms with van der Waals surface area (Å²) in [6.07, 6.45) is 2.17. The average Bonchev–Trinajstić information content (AvgIpc) is 3.26. The average molecular weight is 319 g/mol. The lowest BCUT2D eigenvalue weighted by Gasteiger charge is -2.10. The number of rotatable bonds is 9. The van der Waals surface area contributed by atoms with Gasteiger partial charge in [0.2, 0.25) is 0 Å². The van der Waals surface area contributed by atoms with Crippen LogP contribution in [-0.4, -0.2) is 38.8 Å². The molecule has 0 radical (unpaired) electrons. The lowest BCUT2D eigenvalue weighted by atomic mass is 10.2. The highest BCUT2D eigenvalue weighted by molar-refractivity contribution is 5.80. The Morgan fingerprint density at radius 3 is 2.65 bits per heavy atom. The third-order valence-corrected chi connectivity index (χ3v) is 3.92. The number of nitrogens with zero attached hydrogens (tertiary/aromatic N) is 1. The zero-order valence-electron chi connectivity index (χ0n) is 14.5. The number of benzene rings is 1. The van der Waals surface area contributed by atoms with Crippen LogP contribution in [0.3, 0.4) is 0 Å². The van der Waals surface area contributed by atoms with Gasteiger partial charge in [-0.2, -0.15) is 0 Å². The van der Waals surface area contributed by atoms with E-state index in [9.17, 15) is 0 Å². The van der Waals surface area contributed by atoms with Gasteiger partial charge in [0.25, 0.3) is 0 Å². The normalized spacial score (nSPS) is 20.2. The van der Waals surface area contributed by atoms with Gasteiger partial charge in [-0.3, -0.25) is 4.99 Å². The number of methoxy groups -OCH3 is 1. The van der Waals surface area contributed by atoms with E-state index in [0.717, 1.165) is 49.3 Å². The molecule has 0 heterocycles. The number of guanidine groups is 1. The van der Waals surface area contributed by atoms with Crippen molar-refractivity contribution in [2.45, 2.75) is 39.3 Å². The number of ether oxygens (including phenoxy) is 2. The van der Waals surface area contributed by atoms with Crippen LogP contribution >= 0.6 is 0 Å². The first kappa shape index (κ1) is 17.6. The minimum atomic E-state index is 0.596. The lowest BCUT2D eigenvalue weighted by Crippen LogP contribution is -2.39. The maximum absolute atomic E-state index is 5.69. The summed E-state index contributed by atoms with van der Waals surface area (Å²) in [5.74, 6) is 2.57. The van der Waals surface area contributed by atoms with Crippen molar-refractivity contribution in [3.63, 3.8) is 0 Å². The van der Waals surface area contributed by atoms with Gasteiger partial charge in [0.15, 0.2) is 5.96 Å². The molecule has 0 amide bonds. The molecule has 23 heavy (non-hydrogen) atoms. The summed E-state index contributed by atoms with van der Waals surface area (Å²) < 4.78 is 10.8. The molecule has 0 saturated heterocycles. The molecule has 1 aromatic carbocycles. The van der Waals surface area contributed by atoms with E-state index < -0.39 is 0 Å². The van der Waals surface area contributed by atoms with E-state index in [0.29, 0.717) is 12.6 Å². The predicted octanol–water partition coefficient (Wildman–Crippen LogP) is 2.57. The van der Waals surface area contributed by atoms with Crippen molar-refractivity contribution < 1.29 is 9.47 Å². The summed E-state index contributed by atoms with van der Waals surface area (Å²) in [6.45, 7) is 7.36. The Labute approximate surface area is 139 Å². The van der Waals surface area contributed by atoms with Crippen LogP contribution in [-0.2, 0) is 11.3 Å². The molecule has 0 bridgehead atoms. The van der Waals surface area contributed by atoms with E-state index in [1.807, 2.05) is 24.3 Å². The Kier molecular flexibility index (Phi) is 7.20. The summed E-state index contributed by atoms with van der Waals surface area (Å²) in [5.41, 5.74) is 1.16. The number of hydrogen-bond acceptors (Lipinski definition) is 3. The molecule has 1 fully saturated rings.